The van der Waals surface area contributed by atoms with Crippen molar-refractivity contribution < 1.29 is 13.9 Å². The SMILES string of the molecule is Nn1c(SCc2cc(Cl)c3c(c2)OCCO3)nnc1-c1ccco1. The Kier molecular flexibility index (Phi) is 3.99. The van der Waals surface area contributed by atoms with Crippen LogP contribution in [0.25, 0.3) is 11.6 Å². The Bertz CT molecular complexity index is 866. The molecule has 1 aromatic carbocycles. The first kappa shape index (κ1) is 15.2. The summed E-state index contributed by atoms with van der Waals surface area (Å²) >= 11 is 7.69. The van der Waals surface area contributed by atoms with Crippen molar-refractivity contribution in [3.05, 3.63) is 41.1 Å². The predicted molar refractivity (Wildman–Crippen MR) is 89.9 cm³/mol. The zero-order valence-electron chi connectivity index (χ0n) is 12.4. The molecule has 4 rings (SSSR count). The van der Waals surface area contributed by atoms with E-state index in [1.807, 2.05) is 12.1 Å². The summed E-state index contributed by atoms with van der Waals surface area (Å²) in [5.41, 5.74) is 0.983. The summed E-state index contributed by atoms with van der Waals surface area (Å²) in [5, 5.41) is 9.27. The maximum atomic E-state index is 6.25. The summed E-state index contributed by atoms with van der Waals surface area (Å²) in [4.78, 5) is 0. The van der Waals surface area contributed by atoms with Gasteiger partial charge in [0.25, 0.3) is 0 Å². The van der Waals surface area contributed by atoms with Crippen LogP contribution < -0.4 is 15.3 Å². The number of nitrogens with zero attached hydrogens (tertiary/aromatic N) is 3. The van der Waals surface area contributed by atoms with Gasteiger partial charge in [0, 0.05) is 5.75 Å². The minimum absolute atomic E-state index is 0.475. The number of nitrogen functional groups attached to an aromatic ring is 1. The number of furan rings is 1. The summed E-state index contributed by atoms with van der Waals surface area (Å²) in [5.74, 6) is 8.96. The first-order valence-corrected chi connectivity index (χ1v) is 8.54. The number of halogens is 1. The minimum atomic E-state index is 0.475. The normalized spacial score (nSPS) is 13.2. The van der Waals surface area contributed by atoms with Crippen LogP contribution in [0.3, 0.4) is 0 Å². The smallest absolute Gasteiger partial charge is 0.218 e. The van der Waals surface area contributed by atoms with Crippen LogP contribution in [0.5, 0.6) is 11.5 Å². The lowest BCUT2D eigenvalue weighted by Gasteiger charge is -2.20. The molecule has 3 heterocycles. The molecule has 0 spiro atoms. The molecule has 1 aliphatic rings. The third-order valence-electron chi connectivity index (χ3n) is 3.43. The van der Waals surface area contributed by atoms with Crippen molar-refractivity contribution in [1.82, 2.24) is 14.9 Å². The summed E-state index contributed by atoms with van der Waals surface area (Å²) in [6.45, 7) is 1.02. The molecule has 7 nitrogen and oxygen atoms in total. The van der Waals surface area contributed by atoms with Crippen molar-refractivity contribution in [2.45, 2.75) is 10.9 Å². The zero-order valence-corrected chi connectivity index (χ0v) is 14.0. The topological polar surface area (TPSA) is 88.3 Å². The van der Waals surface area contributed by atoms with E-state index in [4.69, 9.17) is 31.3 Å². The number of hydrogen-bond donors (Lipinski definition) is 1. The van der Waals surface area contributed by atoms with E-state index in [2.05, 4.69) is 10.2 Å². The molecule has 0 aliphatic carbocycles. The molecule has 0 bridgehead atoms. The van der Waals surface area contributed by atoms with Gasteiger partial charge >= 0.3 is 0 Å². The van der Waals surface area contributed by atoms with Crippen molar-refractivity contribution in [3.63, 3.8) is 0 Å². The molecule has 2 N–H and O–H groups in total. The van der Waals surface area contributed by atoms with Crippen LogP contribution in [0.1, 0.15) is 5.56 Å². The second-order valence-corrected chi connectivity index (χ2v) is 6.39. The van der Waals surface area contributed by atoms with Gasteiger partial charge in [-0.1, -0.05) is 23.4 Å². The van der Waals surface area contributed by atoms with E-state index in [0.717, 1.165) is 5.56 Å². The molecule has 0 fully saturated rings. The fourth-order valence-electron chi connectivity index (χ4n) is 2.34. The monoisotopic (exact) mass is 364 g/mol. The molecule has 0 atom stereocenters. The van der Waals surface area contributed by atoms with Gasteiger partial charge in [-0.2, -0.15) is 0 Å². The van der Waals surface area contributed by atoms with Crippen molar-refractivity contribution in [1.29, 1.82) is 0 Å². The second kappa shape index (κ2) is 6.29. The van der Waals surface area contributed by atoms with E-state index < -0.39 is 0 Å². The summed E-state index contributed by atoms with van der Waals surface area (Å²) in [6, 6.07) is 7.32. The van der Waals surface area contributed by atoms with Gasteiger partial charge in [-0.15, -0.1) is 10.2 Å². The summed E-state index contributed by atoms with van der Waals surface area (Å²) in [6.07, 6.45) is 1.56. The highest BCUT2D eigenvalue weighted by Crippen LogP contribution is 2.39. The lowest BCUT2D eigenvalue weighted by Crippen LogP contribution is -2.15. The van der Waals surface area contributed by atoms with Crippen molar-refractivity contribution in [2.24, 2.45) is 0 Å². The van der Waals surface area contributed by atoms with Gasteiger partial charge in [0.1, 0.15) is 13.2 Å². The highest BCUT2D eigenvalue weighted by atomic mass is 35.5. The molecule has 1 aliphatic heterocycles. The van der Waals surface area contributed by atoms with E-state index in [9.17, 15) is 0 Å². The molecular formula is C15H13ClN4O3S. The molecule has 2 aromatic heterocycles. The van der Waals surface area contributed by atoms with Crippen molar-refractivity contribution in [2.75, 3.05) is 19.1 Å². The highest BCUT2D eigenvalue weighted by Gasteiger charge is 2.18. The Morgan fingerprint density at radius 2 is 2.12 bits per heavy atom. The Morgan fingerprint density at radius 3 is 2.96 bits per heavy atom. The lowest BCUT2D eigenvalue weighted by atomic mass is 10.2. The summed E-state index contributed by atoms with van der Waals surface area (Å²) in [7, 11) is 0. The third-order valence-corrected chi connectivity index (χ3v) is 4.73. The van der Waals surface area contributed by atoms with E-state index in [0.29, 0.717) is 52.2 Å². The van der Waals surface area contributed by atoms with Gasteiger partial charge in [0.05, 0.1) is 11.3 Å². The van der Waals surface area contributed by atoms with Gasteiger partial charge in [0.15, 0.2) is 17.3 Å². The van der Waals surface area contributed by atoms with Gasteiger partial charge in [0.2, 0.25) is 11.0 Å². The molecule has 9 heteroatoms. The van der Waals surface area contributed by atoms with Gasteiger partial charge in [-0.25, -0.2) is 4.68 Å². The molecule has 0 saturated heterocycles. The lowest BCUT2D eigenvalue weighted by molar-refractivity contribution is 0.171. The third kappa shape index (κ3) is 2.78. The number of aromatic nitrogens is 3. The maximum Gasteiger partial charge on any atom is 0.218 e. The fourth-order valence-corrected chi connectivity index (χ4v) is 3.42. The zero-order chi connectivity index (χ0) is 16.5. The van der Waals surface area contributed by atoms with Crippen molar-refractivity contribution in [3.8, 4) is 23.1 Å². The Hall–Kier alpha value is -2.32. The van der Waals surface area contributed by atoms with Crippen LogP contribution >= 0.6 is 23.4 Å². The average Bonchev–Trinajstić information content (AvgIpc) is 3.23. The van der Waals surface area contributed by atoms with Gasteiger partial charge in [-0.05, 0) is 29.8 Å². The molecule has 0 amide bonds. The Balaban J connectivity index is 1.52. The van der Waals surface area contributed by atoms with Gasteiger partial charge in [-0.3, -0.25) is 0 Å². The number of fused-ring (bicyclic) bond motifs is 1. The van der Waals surface area contributed by atoms with Crippen LogP contribution in [0.15, 0.2) is 40.1 Å². The number of hydrogen-bond acceptors (Lipinski definition) is 7. The quantitative estimate of drug-likeness (QED) is 0.562. The average molecular weight is 365 g/mol. The maximum absolute atomic E-state index is 6.25. The van der Waals surface area contributed by atoms with Crippen LogP contribution in [0.2, 0.25) is 5.02 Å². The van der Waals surface area contributed by atoms with E-state index in [1.54, 1.807) is 18.4 Å². The van der Waals surface area contributed by atoms with Crippen LogP contribution in [0, 0.1) is 0 Å². The molecule has 0 saturated carbocycles. The van der Waals surface area contributed by atoms with E-state index >= 15 is 0 Å². The van der Waals surface area contributed by atoms with Crippen LogP contribution in [0.4, 0.5) is 0 Å². The number of benzene rings is 1. The van der Waals surface area contributed by atoms with E-state index in [1.165, 1.54) is 16.4 Å². The van der Waals surface area contributed by atoms with Gasteiger partial charge < -0.3 is 19.7 Å². The fraction of sp³-hybridized carbons (Fsp3) is 0.200. The highest BCUT2D eigenvalue weighted by molar-refractivity contribution is 7.98. The number of rotatable bonds is 4. The number of nitrogens with two attached hydrogens (primary N) is 1. The first-order chi connectivity index (χ1) is 11.7. The van der Waals surface area contributed by atoms with Crippen LogP contribution in [-0.2, 0) is 5.75 Å². The Labute approximate surface area is 146 Å². The first-order valence-electron chi connectivity index (χ1n) is 7.17. The summed E-state index contributed by atoms with van der Waals surface area (Å²) < 4.78 is 17.8. The Morgan fingerprint density at radius 1 is 1.25 bits per heavy atom. The molecule has 0 unspecified atom stereocenters. The largest absolute Gasteiger partial charge is 0.486 e. The standard InChI is InChI=1S/C15H13ClN4O3S/c16-10-6-9(7-12-13(10)23-5-4-22-12)8-24-15-19-18-14(20(15)17)11-2-1-3-21-11/h1-3,6-7H,4-5,8,17H2. The molecule has 0 radical (unpaired) electrons. The molecule has 24 heavy (non-hydrogen) atoms. The molecule has 124 valence electrons. The molecular weight excluding hydrogens is 352 g/mol. The predicted octanol–water partition coefficient (Wildman–Crippen LogP) is 2.97. The van der Waals surface area contributed by atoms with Crippen molar-refractivity contribution >= 4 is 23.4 Å². The molecule has 3 aromatic rings. The van der Waals surface area contributed by atoms with E-state index in [-0.39, 0.29) is 0 Å². The second-order valence-electron chi connectivity index (χ2n) is 5.04. The number of ether oxygens (including phenoxy) is 2. The minimum Gasteiger partial charge on any atom is -0.486 e. The number of thioether (sulfide) groups is 1. The van der Waals surface area contributed by atoms with Crippen LogP contribution in [-0.4, -0.2) is 28.1 Å².